The van der Waals surface area contributed by atoms with Gasteiger partial charge in [0.15, 0.2) is 0 Å². The predicted molar refractivity (Wildman–Crippen MR) is 103 cm³/mol. The van der Waals surface area contributed by atoms with Crippen LogP contribution in [-0.4, -0.2) is 31.4 Å². The van der Waals surface area contributed by atoms with Crippen molar-refractivity contribution in [2.45, 2.75) is 57.5 Å². The molecule has 0 aliphatic heterocycles. The van der Waals surface area contributed by atoms with Crippen LogP contribution in [0.15, 0.2) is 23.0 Å². The maximum atomic E-state index is 13.0. The Kier molecular flexibility index (Phi) is 3.82. The molecule has 8 nitrogen and oxygen atoms in total. The molecule has 2 saturated carbocycles. The fourth-order valence-corrected chi connectivity index (χ4v) is 3.32. The Hall–Kier alpha value is -3.03. The number of aryl methyl sites for hydroxylation is 1. The quantitative estimate of drug-likeness (QED) is 0.679. The maximum absolute atomic E-state index is 13.0. The summed E-state index contributed by atoms with van der Waals surface area (Å²) in [5, 5.41) is 7.02. The SMILES string of the molecule is Cc1oc2ncnc(NC3(C)CC3)c2c1C(=O)NCc1ccnc(C2CC2)n1. The summed E-state index contributed by atoms with van der Waals surface area (Å²) in [4.78, 5) is 30.4. The van der Waals surface area contributed by atoms with Crippen LogP contribution in [0, 0.1) is 6.92 Å². The molecule has 5 rings (SSSR count). The number of carbonyl (C=O) groups is 1. The number of nitrogens with one attached hydrogen (secondary N) is 2. The van der Waals surface area contributed by atoms with Crippen molar-refractivity contribution in [3.63, 3.8) is 0 Å². The zero-order chi connectivity index (χ0) is 19.3. The van der Waals surface area contributed by atoms with E-state index < -0.39 is 0 Å². The number of fused-ring (bicyclic) bond motifs is 1. The lowest BCUT2D eigenvalue weighted by Crippen LogP contribution is -2.24. The molecule has 2 N–H and O–H groups in total. The van der Waals surface area contributed by atoms with Crippen LogP contribution in [0.5, 0.6) is 0 Å². The van der Waals surface area contributed by atoms with E-state index in [9.17, 15) is 4.79 Å². The van der Waals surface area contributed by atoms with E-state index in [1.165, 1.54) is 6.33 Å². The van der Waals surface area contributed by atoms with Gasteiger partial charge >= 0.3 is 0 Å². The summed E-state index contributed by atoms with van der Waals surface area (Å²) in [6, 6.07) is 1.83. The molecule has 0 aromatic carbocycles. The highest BCUT2D eigenvalue weighted by molar-refractivity contribution is 6.10. The van der Waals surface area contributed by atoms with Gasteiger partial charge in [0, 0.05) is 17.7 Å². The molecule has 3 aromatic rings. The van der Waals surface area contributed by atoms with E-state index in [1.807, 2.05) is 6.07 Å². The average Bonchev–Trinajstić information content (AvgIpc) is 3.60. The van der Waals surface area contributed by atoms with Gasteiger partial charge in [-0.15, -0.1) is 0 Å². The lowest BCUT2D eigenvalue weighted by atomic mass is 10.1. The number of hydrogen-bond donors (Lipinski definition) is 2. The molecule has 0 spiro atoms. The zero-order valence-corrected chi connectivity index (χ0v) is 16.0. The Labute approximate surface area is 162 Å². The summed E-state index contributed by atoms with van der Waals surface area (Å²) >= 11 is 0. The molecule has 0 atom stereocenters. The van der Waals surface area contributed by atoms with Gasteiger partial charge in [0.05, 0.1) is 23.2 Å². The minimum Gasteiger partial charge on any atom is -0.442 e. The molecule has 2 aliphatic carbocycles. The molecule has 28 heavy (non-hydrogen) atoms. The van der Waals surface area contributed by atoms with Crippen LogP contribution in [-0.2, 0) is 6.54 Å². The van der Waals surface area contributed by atoms with E-state index in [0.717, 1.165) is 37.2 Å². The molecule has 3 heterocycles. The highest BCUT2D eigenvalue weighted by Gasteiger charge is 2.38. The normalized spacial score (nSPS) is 17.5. The Bertz CT molecular complexity index is 1070. The third-order valence-corrected chi connectivity index (χ3v) is 5.42. The van der Waals surface area contributed by atoms with Crippen LogP contribution >= 0.6 is 0 Å². The number of carbonyl (C=O) groups excluding carboxylic acids is 1. The van der Waals surface area contributed by atoms with E-state index in [-0.39, 0.29) is 11.4 Å². The number of rotatable bonds is 6. The van der Waals surface area contributed by atoms with Crippen molar-refractivity contribution >= 4 is 22.8 Å². The molecule has 0 unspecified atom stereocenters. The van der Waals surface area contributed by atoms with Crippen LogP contribution in [0.25, 0.3) is 11.1 Å². The fraction of sp³-hybridized carbons (Fsp3) is 0.450. The highest BCUT2D eigenvalue weighted by Crippen LogP contribution is 2.40. The monoisotopic (exact) mass is 378 g/mol. The second-order valence-electron chi connectivity index (χ2n) is 7.98. The Balaban J connectivity index is 1.41. The second-order valence-corrected chi connectivity index (χ2v) is 7.98. The lowest BCUT2D eigenvalue weighted by Gasteiger charge is -2.13. The van der Waals surface area contributed by atoms with Crippen molar-refractivity contribution < 1.29 is 9.21 Å². The summed E-state index contributed by atoms with van der Waals surface area (Å²) in [7, 11) is 0. The van der Waals surface area contributed by atoms with E-state index in [2.05, 4.69) is 37.5 Å². The minimum absolute atomic E-state index is 0.0281. The van der Waals surface area contributed by atoms with Crippen molar-refractivity contribution in [1.82, 2.24) is 25.3 Å². The first-order valence-electron chi connectivity index (χ1n) is 9.65. The van der Waals surface area contributed by atoms with E-state index in [0.29, 0.717) is 40.7 Å². The van der Waals surface area contributed by atoms with Gasteiger partial charge in [0.1, 0.15) is 23.7 Å². The van der Waals surface area contributed by atoms with Crippen LogP contribution in [0.1, 0.15) is 66.2 Å². The van der Waals surface area contributed by atoms with Gasteiger partial charge in [-0.25, -0.2) is 19.9 Å². The molecule has 1 amide bonds. The molecular formula is C20H22N6O2. The van der Waals surface area contributed by atoms with Crippen LogP contribution in [0.3, 0.4) is 0 Å². The van der Waals surface area contributed by atoms with Crippen molar-refractivity contribution in [3.05, 3.63) is 41.4 Å². The van der Waals surface area contributed by atoms with Gasteiger partial charge in [-0.2, -0.15) is 0 Å². The summed E-state index contributed by atoms with van der Waals surface area (Å²) in [5.41, 5.74) is 1.72. The first-order valence-corrected chi connectivity index (χ1v) is 9.65. The van der Waals surface area contributed by atoms with Crippen LogP contribution < -0.4 is 10.6 Å². The molecule has 2 aliphatic rings. The maximum Gasteiger partial charge on any atom is 0.255 e. The lowest BCUT2D eigenvalue weighted by molar-refractivity contribution is 0.0950. The van der Waals surface area contributed by atoms with Gasteiger partial charge in [0.25, 0.3) is 5.91 Å². The van der Waals surface area contributed by atoms with E-state index in [1.54, 1.807) is 13.1 Å². The number of anilines is 1. The summed E-state index contributed by atoms with van der Waals surface area (Å²) < 4.78 is 5.73. The molecule has 3 aromatic heterocycles. The number of furan rings is 1. The van der Waals surface area contributed by atoms with Crippen molar-refractivity contribution in [2.24, 2.45) is 0 Å². The summed E-state index contributed by atoms with van der Waals surface area (Å²) in [6.07, 6.45) is 7.66. The average molecular weight is 378 g/mol. The molecule has 0 saturated heterocycles. The van der Waals surface area contributed by atoms with Crippen LogP contribution in [0.4, 0.5) is 5.82 Å². The first kappa shape index (κ1) is 17.1. The Morgan fingerprint density at radius 1 is 1.29 bits per heavy atom. The number of hydrogen-bond acceptors (Lipinski definition) is 7. The van der Waals surface area contributed by atoms with Crippen molar-refractivity contribution in [1.29, 1.82) is 0 Å². The minimum atomic E-state index is -0.221. The topological polar surface area (TPSA) is 106 Å². The third-order valence-electron chi connectivity index (χ3n) is 5.42. The van der Waals surface area contributed by atoms with Gasteiger partial charge in [-0.3, -0.25) is 4.79 Å². The molecule has 0 radical (unpaired) electrons. The first-order chi connectivity index (χ1) is 13.5. The highest BCUT2D eigenvalue weighted by atomic mass is 16.3. The Morgan fingerprint density at radius 2 is 2.11 bits per heavy atom. The van der Waals surface area contributed by atoms with Gasteiger partial charge < -0.3 is 15.1 Å². The van der Waals surface area contributed by atoms with E-state index in [4.69, 9.17) is 4.42 Å². The number of amides is 1. The molecular weight excluding hydrogens is 356 g/mol. The van der Waals surface area contributed by atoms with Crippen LogP contribution in [0.2, 0.25) is 0 Å². The van der Waals surface area contributed by atoms with Crippen molar-refractivity contribution in [3.8, 4) is 0 Å². The fourth-order valence-electron chi connectivity index (χ4n) is 3.32. The van der Waals surface area contributed by atoms with Gasteiger partial charge in [-0.1, -0.05) is 0 Å². The molecule has 0 bridgehead atoms. The molecule has 2 fully saturated rings. The Morgan fingerprint density at radius 3 is 2.86 bits per heavy atom. The standard InChI is InChI=1S/C20H22N6O2/c1-11-14(15-17(26-20(2)6-7-20)23-10-24-19(15)28-11)18(27)22-9-13-5-8-21-16(25-13)12-3-4-12/h5,8,10,12H,3-4,6-7,9H2,1-2H3,(H,22,27)(H,23,24,26). The third kappa shape index (κ3) is 3.19. The second kappa shape index (κ2) is 6.25. The smallest absolute Gasteiger partial charge is 0.255 e. The number of nitrogens with zero attached hydrogens (tertiary/aromatic N) is 4. The van der Waals surface area contributed by atoms with Gasteiger partial charge in [-0.05, 0) is 45.6 Å². The summed E-state index contributed by atoms with van der Waals surface area (Å²) in [6.45, 7) is 4.25. The zero-order valence-electron chi connectivity index (χ0n) is 16.0. The van der Waals surface area contributed by atoms with E-state index >= 15 is 0 Å². The number of aromatic nitrogens is 4. The largest absolute Gasteiger partial charge is 0.442 e. The van der Waals surface area contributed by atoms with Crippen molar-refractivity contribution in [2.75, 3.05) is 5.32 Å². The molecule has 8 heteroatoms. The predicted octanol–water partition coefficient (Wildman–Crippen LogP) is 3.09. The van der Waals surface area contributed by atoms with Gasteiger partial charge in [0.2, 0.25) is 5.71 Å². The summed E-state index contributed by atoms with van der Waals surface area (Å²) in [5.74, 6) is 2.30. The molecule has 144 valence electrons.